The second-order valence-electron chi connectivity index (χ2n) is 2.43. The summed E-state index contributed by atoms with van der Waals surface area (Å²) in [5, 5.41) is 0. The molecule has 1 rings (SSSR count). The van der Waals surface area contributed by atoms with Gasteiger partial charge in [0.15, 0.2) is 0 Å². The molecule has 1 aromatic carbocycles. The van der Waals surface area contributed by atoms with Gasteiger partial charge in [-0.25, -0.2) is 0 Å². The third-order valence-corrected chi connectivity index (χ3v) is 3.28. The van der Waals surface area contributed by atoms with Crippen LogP contribution in [0.5, 0.6) is 0 Å². The van der Waals surface area contributed by atoms with Crippen molar-refractivity contribution in [1.82, 2.24) is 0 Å². The summed E-state index contributed by atoms with van der Waals surface area (Å²) < 4.78 is 36.6. The van der Waals surface area contributed by atoms with Crippen molar-refractivity contribution in [2.24, 2.45) is 0 Å². The monoisotopic (exact) mass is 270 g/mol. The maximum Gasteiger partial charge on any atom is 0.446 e. The van der Waals surface area contributed by atoms with Crippen molar-refractivity contribution in [1.29, 1.82) is 0 Å². The Hall–Kier alpha value is -0.160. The summed E-state index contributed by atoms with van der Waals surface area (Å²) in [5.74, 6) is 0. The van der Waals surface area contributed by atoms with Crippen LogP contribution in [0.4, 0.5) is 13.2 Å². The molecule has 0 aliphatic heterocycles. The Bertz CT molecular complexity index is 288. The van der Waals surface area contributed by atoms with Gasteiger partial charge in [0.25, 0.3) is 0 Å². The van der Waals surface area contributed by atoms with E-state index in [0.717, 1.165) is 0 Å². The molecule has 0 aliphatic rings. The molecule has 72 valence electrons. The summed E-state index contributed by atoms with van der Waals surface area (Å²) in [6.07, 6.45) is 0. The summed E-state index contributed by atoms with van der Waals surface area (Å²) in [5.41, 5.74) is -3.61. The van der Waals surface area contributed by atoms with E-state index in [9.17, 15) is 13.2 Å². The minimum Gasteiger partial charge on any atom is -0.160 e. The third kappa shape index (κ3) is 3.23. The molecule has 0 heterocycles. The fourth-order valence-corrected chi connectivity index (χ4v) is 2.20. The van der Waals surface area contributed by atoms with Crippen LogP contribution in [0.3, 0.4) is 0 Å². The standard InChI is InChI=1S/C8H6BrF3S/c1-5-3-2-4-6(9)7(5)13-8(10,11)12/h2-4H,1H3. The van der Waals surface area contributed by atoms with Gasteiger partial charge >= 0.3 is 5.51 Å². The van der Waals surface area contributed by atoms with Crippen molar-refractivity contribution < 1.29 is 13.2 Å². The van der Waals surface area contributed by atoms with Crippen molar-refractivity contribution in [2.45, 2.75) is 17.3 Å². The maximum atomic E-state index is 12.0. The Kier molecular flexibility index (Phi) is 3.29. The SMILES string of the molecule is Cc1cccc(Br)c1SC(F)(F)F. The Morgan fingerprint density at radius 2 is 1.92 bits per heavy atom. The quantitative estimate of drug-likeness (QED) is 0.683. The lowest BCUT2D eigenvalue weighted by Crippen LogP contribution is -2.00. The van der Waals surface area contributed by atoms with Crippen LogP contribution >= 0.6 is 27.7 Å². The molecule has 5 heteroatoms. The van der Waals surface area contributed by atoms with Crippen molar-refractivity contribution in [3.8, 4) is 0 Å². The first-order valence-electron chi connectivity index (χ1n) is 3.41. The second-order valence-corrected chi connectivity index (χ2v) is 4.36. The average molecular weight is 271 g/mol. The largest absolute Gasteiger partial charge is 0.446 e. The van der Waals surface area contributed by atoms with Crippen molar-refractivity contribution >= 4 is 27.7 Å². The fourth-order valence-electron chi connectivity index (χ4n) is 0.862. The van der Waals surface area contributed by atoms with Gasteiger partial charge in [0.2, 0.25) is 0 Å². The first-order chi connectivity index (χ1) is 5.90. The Morgan fingerprint density at radius 1 is 1.31 bits per heavy atom. The molecule has 0 spiro atoms. The Labute approximate surface area is 86.6 Å². The van der Waals surface area contributed by atoms with Crippen LogP contribution in [0.1, 0.15) is 5.56 Å². The van der Waals surface area contributed by atoms with Gasteiger partial charge in [-0.3, -0.25) is 0 Å². The Balaban J connectivity index is 3.00. The topological polar surface area (TPSA) is 0 Å². The molecule has 0 unspecified atom stereocenters. The van der Waals surface area contributed by atoms with Crippen molar-refractivity contribution in [3.05, 3.63) is 28.2 Å². The molecule has 0 fully saturated rings. The van der Waals surface area contributed by atoms with Gasteiger partial charge in [0.1, 0.15) is 0 Å². The van der Waals surface area contributed by atoms with Crippen LogP contribution in [-0.2, 0) is 0 Å². The van der Waals surface area contributed by atoms with E-state index in [1.165, 1.54) is 0 Å². The first kappa shape index (κ1) is 10.9. The lowest BCUT2D eigenvalue weighted by molar-refractivity contribution is -0.0328. The summed E-state index contributed by atoms with van der Waals surface area (Å²) in [6.45, 7) is 1.65. The van der Waals surface area contributed by atoms with E-state index in [2.05, 4.69) is 15.9 Å². The van der Waals surface area contributed by atoms with Gasteiger partial charge in [-0.2, -0.15) is 13.2 Å². The van der Waals surface area contributed by atoms with E-state index in [-0.39, 0.29) is 16.7 Å². The van der Waals surface area contributed by atoms with E-state index in [0.29, 0.717) is 10.0 Å². The summed E-state index contributed by atoms with van der Waals surface area (Å²) in [7, 11) is 0. The fraction of sp³-hybridized carbons (Fsp3) is 0.250. The molecule has 0 radical (unpaired) electrons. The zero-order valence-corrected chi connectivity index (χ0v) is 9.05. The second kappa shape index (κ2) is 3.92. The van der Waals surface area contributed by atoms with Crippen LogP contribution < -0.4 is 0 Å². The number of aryl methyl sites for hydroxylation is 1. The number of hydrogen-bond acceptors (Lipinski definition) is 1. The molecule has 0 saturated heterocycles. The van der Waals surface area contributed by atoms with Gasteiger partial charge in [-0.15, -0.1) is 0 Å². The van der Waals surface area contributed by atoms with Gasteiger partial charge in [-0.05, 0) is 46.2 Å². The minimum atomic E-state index is -4.23. The predicted octanol–water partition coefficient (Wildman–Crippen LogP) is 4.37. The van der Waals surface area contributed by atoms with Crippen LogP contribution in [0.15, 0.2) is 27.6 Å². The molecular formula is C8H6BrF3S. The number of halogens is 4. The van der Waals surface area contributed by atoms with E-state index < -0.39 is 5.51 Å². The first-order valence-corrected chi connectivity index (χ1v) is 5.02. The van der Waals surface area contributed by atoms with Gasteiger partial charge in [0, 0.05) is 9.37 Å². The summed E-state index contributed by atoms with van der Waals surface area (Å²) in [4.78, 5) is 0.231. The van der Waals surface area contributed by atoms with Crippen LogP contribution in [0, 0.1) is 6.92 Å². The van der Waals surface area contributed by atoms with Gasteiger partial charge < -0.3 is 0 Å². The van der Waals surface area contributed by atoms with E-state index in [1.807, 2.05) is 0 Å². The van der Waals surface area contributed by atoms with Crippen LogP contribution in [0.2, 0.25) is 0 Å². The molecule has 13 heavy (non-hydrogen) atoms. The summed E-state index contributed by atoms with van der Waals surface area (Å²) >= 11 is 2.99. The maximum absolute atomic E-state index is 12.0. The molecule has 0 bridgehead atoms. The molecule has 0 atom stereocenters. The molecule has 0 amide bonds. The van der Waals surface area contributed by atoms with E-state index in [1.54, 1.807) is 25.1 Å². The number of benzene rings is 1. The molecule has 0 nitrogen and oxygen atoms in total. The van der Waals surface area contributed by atoms with Crippen LogP contribution in [0.25, 0.3) is 0 Å². The smallest absolute Gasteiger partial charge is 0.160 e. The van der Waals surface area contributed by atoms with Crippen molar-refractivity contribution in [3.63, 3.8) is 0 Å². The molecule has 1 aromatic rings. The molecular weight excluding hydrogens is 265 g/mol. The average Bonchev–Trinajstić information content (AvgIpc) is 1.95. The van der Waals surface area contributed by atoms with Crippen LogP contribution in [-0.4, -0.2) is 5.51 Å². The molecule has 0 N–H and O–H groups in total. The highest BCUT2D eigenvalue weighted by atomic mass is 79.9. The van der Waals surface area contributed by atoms with Gasteiger partial charge in [-0.1, -0.05) is 12.1 Å². The van der Waals surface area contributed by atoms with Gasteiger partial charge in [0.05, 0.1) is 0 Å². The van der Waals surface area contributed by atoms with Crippen molar-refractivity contribution in [2.75, 3.05) is 0 Å². The molecule has 0 saturated carbocycles. The number of hydrogen-bond donors (Lipinski definition) is 0. The Morgan fingerprint density at radius 3 is 2.38 bits per heavy atom. The lowest BCUT2D eigenvalue weighted by Gasteiger charge is -2.09. The third-order valence-electron chi connectivity index (χ3n) is 1.38. The van der Waals surface area contributed by atoms with E-state index in [4.69, 9.17) is 0 Å². The highest BCUT2D eigenvalue weighted by Gasteiger charge is 2.30. The zero-order chi connectivity index (χ0) is 10.1. The lowest BCUT2D eigenvalue weighted by atomic mass is 10.2. The zero-order valence-electron chi connectivity index (χ0n) is 6.65. The minimum absolute atomic E-state index is 0.0929. The normalized spacial score (nSPS) is 11.8. The highest BCUT2D eigenvalue weighted by Crippen LogP contribution is 2.41. The molecule has 0 aliphatic carbocycles. The van der Waals surface area contributed by atoms with E-state index >= 15 is 0 Å². The predicted molar refractivity (Wildman–Crippen MR) is 50.8 cm³/mol. The summed E-state index contributed by atoms with van der Waals surface area (Å²) in [6, 6.07) is 4.96. The highest BCUT2D eigenvalue weighted by molar-refractivity contribution is 9.10. The molecule has 0 aromatic heterocycles. The number of rotatable bonds is 1. The number of alkyl halides is 3. The number of thioether (sulfide) groups is 1.